The molecule has 0 saturated carbocycles. The summed E-state index contributed by atoms with van der Waals surface area (Å²) in [6.45, 7) is 0.151. The zero-order valence-corrected chi connectivity index (χ0v) is 9.05. The van der Waals surface area contributed by atoms with Gasteiger partial charge in [-0.1, -0.05) is 15.9 Å². The molecule has 0 saturated heterocycles. The van der Waals surface area contributed by atoms with E-state index < -0.39 is 11.6 Å². The van der Waals surface area contributed by atoms with Crippen LogP contribution in [0.25, 0.3) is 0 Å². The Hall–Kier alpha value is -0.000000000000000111. The smallest absolute Gasteiger partial charge is 0.173 e. The molecule has 66 valence electrons. The molecule has 1 nitrogen and oxygen atoms in total. The molecule has 2 N–H and O–H groups in total. The van der Waals surface area contributed by atoms with Crippen molar-refractivity contribution in [2.24, 2.45) is 5.73 Å². The van der Waals surface area contributed by atoms with Gasteiger partial charge in [0.05, 0.1) is 4.47 Å². The van der Waals surface area contributed by atoms with Gasteiger partial charge in [-0.2, -0.15) is 0 Å². The highest BCUT2D eigenvalue weighted by atomic mass is 79.9. The molecular weight excluding hydrogens is 296 g/mol. The molecule has 0 radical (unpaired) electrons. The van der Waals surface area contributed by atoms with Crippen LogP contribution in [0.2, 0.25) is 0 Å². The minimum atomic E-state index is -0.904. The van der Waals surface area contributed by atoms with Gasteiger partial charge >= 0.3 is 0 Å². The van der Waals surface area contributed by atoms with Crippen molar-refractivity contribution in [3.8, 4) is 0 Å². The fraction of sp³-hybridized carbons (Fsp3) is 0.143. The van der Waals surface area contributed by atoms with Crippen molar-refractivity contribution in [3.05, 3.63) is 32.2 Å². The summed E-state index contributed by atoms with van der Waals surface area (Å²) in [4.78, 5) is 0. The van der Waals surface area contributed by atoms with Gasteiger partial charge in [0.15, 0.2) is 11.6 Å². The SMILES string of the molecule is NCc1c(Br)cc(F)c(F)c1Br. The lowest BCUT2D eigenvalue weighted by molar-refractivity contribution is 0.501. The summed E-state index contributed by atoms with van der Waals surface area (Å²) in [5.41, 5.74) is 5.84. The highest BCUT2D eigenvalue weighted by molar-refractivity contribution is 9.11. The Labute approximate surface area is 85.2 Å². The van der Waals surface area contributed by atoms with E-state index in [2.05, 4.69) is 31.9 Å². The Morgan fingerprint density at radius 2 is 1.92 bits per heavy atom. The van der Waals surface area contributed by atoms with Crippen molar-refractivity contribution in [3.63, 3.8) is 0 Å². The third-order valence-electron chi connectivity index (χ3n) is 1.41. The first-order chi connectivity index (χ1) is 5.57. The number of nitrogens with two attached hydrogens (primary N) is 1. The highest BCUT2D eigenvalue weighted by Crippen LogP contribution is 2.29. The maximum absolute atomic E-state index is 12.9. The molecule has 0 fully saturated rings. The lowest BCUT2D eigenvalue weighted by Gasteiger charge is -2.05. The lowest BCUT2D eigenvalue weighted by Crippen LogP contribution is -2.01. The molecular formula is C7H5Br2F2N. The van der Waals surface area contributed by atoms with Crippen LogP contribution in [0.1, 0.15) is 5.56 Å². The molecule has 0 heterocycles. The fourth-order valence-corrected chi connectivity index (χ4v) is 2.18. The van der Waals surface area contributed by atoms with Crippen molar-refractivity contribution >= 4 is 31.9 Å². The summed E-state index contributed by atoms with van der Waals surface area (Å²) in [7, 11) is 0. The Morgan fingerprint density at radius 1 is 1.33 bits per heavy atom. The van der Waals surface area contributed by atoms with Crippen LogP contribution in [-0.2, 0) is 6.54 Å². The van der Waals surface area contributed by atoms with Crippen LogP contribution in [0.3, 0.4) is 0 Å². The molecule has 0 atom stereocenters. The number of hydrogen-bond acceptors (Lipinski definition) is 1. The predicted octanol–water partition coefficient (Wildman–Crippen LogP) is 2.95. The second kappa shape index (κ2) is 3.81. The number of rotatable bonds is 1. The molecule has 1 aromatic rings. The van der Waals surface area contributed by atoms with Crippen molar-refractivity contribution in [1.29, 1.82) is 0 Å². The normalized spacial score (nSPS) is 10.4. The highest BCUT2D eigenvalue weighted by Gasteiger charge is 2.13. The van der Waals surface area contributed by atoms with E-state index >= 15 is 0 Å². The summed E-state index contributed by atoms with van der Waals surface area (Å²) >= 11 is 5.99. The van der Waals surface area contributed by atoms with E-state index in [4.69, 9.17) is 5.73 Å². The Morgan fingerprint density at radius 3 is 2.42 bits per heavy atom. The molecule has 0 aliphatic carbocycles. The summed E-state index contributed by atoms with van der Waals surface area (Å²) in [5.74, 6) is -1.80. The van der Waals surface area contributed by atoms with E-state index in [1.54, 1.807) is 0 Å². The molecule has 0 unspecified atom stereocenters. The minimum Gasteiger partial charge on any atom is -0.326 e. The van der Waals surface area contributed by atoms with Crippen LogP contribution in [-0.4, -0.2) is 0 Å². The van der Waals surface area contributed by atoms with Crippen molar-refractivity contribution in [1.82, 2.24) is 0 Å². The first kappa shape index (κ1) is 10.1. The van der Waals surface area contributed by atoms with Crippen LogP contribution in [0.4, 0.5) is 8.78 Å². The quantitative estimate of drug-likeness (QED) is 0.626. The van der Waals surface area contributed by atoms with Crippen LogP contribution in [0.5, 0.6) is 0 Å². The molecule has 0 amide bonds. The number of benzene rings is 1. The molecule has 0 aliphatic heterocycles. The van der Waals surface area contributed by atoms with E-state index in [0.717, 1.165) is 6.07 Å². The summed E-state index contributed by atoms with van der Waals surface area (Å²) < 4.78 is 26.1. The number of halogens is 4. The second-order valence-electron chi connectivity index (χ2n) is 2.15. The topological polar surface area (TPSA) is 26.0 Å². The van der Waals surface area contributed by atoms with E-state index in [9.17, 15) is 8.78 Å². The molecule has 12 heavy (non-hydrogen) atoms. The van der Waals surface area contributed by atoms with Gasteiger partial charge < -0.3 is 5.73 Å². The third-order valence-corrected chi connectivity index (χ3v) is 2.95. The zero-order chi connectivity index (χ0) is 9.30. The average Bonchev–Trinajstić information content (AvgIpc) is 2.01. The van der Waals surface area contributed by atoms with Crippen LogP contribution < -0.4 is 5.73 Å². The largest absolute Gasteiger partial charge is 0.326 e. The van der Waals surface area contributed by atoms with Crippen LogP contribution >= 0.6 is 31.9 Å². The summed E-state index contributed by atoms with van der Waals surface area (Å²) in [6.07, 6.45) is 0. The Bertz CT molecular complexity index is 315. The van der Waals surface area contributed by atoms with Gasteiger partial charge in [0.1, 0.15) is 0 Å². The molecule has 5 heteroatoms. The predicted molar refractivity (Wildman–Crippen MR) is 49.6 cm³/mol. The zero-order valence-electron chi connectivity index (χ0n) is 5.87. The van der Waals surface area contributed by atoms with Gasteiger partial charge in [-0.25, -0.2) is 8.78 Å². The van der Waals surface area contributed by atoms with E-state index in [-0.39, 0.29) is 11.0 Å². The van der Waals surface area contributed by atoms with Crippen molar-refractivity contribution in [2.45, 2.75) is 6.54 Å². The maximum atomic E-state index is 12.9. The molecule has 0 aliphatic rings. The van der Waals surface area contributed by atoms with E-state index in [1.807, 2.05) is 0 Å². The Kier molecular flexibility index (Phi) is 3.20. The van der Waals surface area contributed by atoms with Gasteiger partial charge in [-0.05, 0) is 27.6 Å². The van der Waals surface area contributed by atoms with Crippen molar-refractivity contribution < 1.29 is 8.78 Å². The minimum absolute atomic E-state index is 0.0804. The lowest BCUT2D eigenvalue weighted by atomic mass is 10.2. The van der Waals surface area contributed by atoms with Gasteiger partial charge in [-0.15, -0.1) is 0 Å². The van der Waals surface area contributed by atoms with Crippen LogP contribution in [0.15, 0.2) is 15.0 Å². The van der Waals surface area contributed by atoms with Gasteiger partial charge in [0.25, 0.3) is 0 Å². The van der Waals surface area contributed by atoms with Gasteiger partial charge in [0, 0.05) is 11.0 Å². The van der Waals surface area contributed by atoms with Crippen molar-refractivity contribution in [2.75, 3.05) is 0 Å². The molecule has 1 rings (SSSR count). The summed E-state index contributed by atoms with van der Waals surface area (Å²) in [6, 6.07) is 1.06. The molecule has 1 aromatic carbocycles. The molecule has 0 aromatic heterocycles. The molecule has 0 bridgehead atoms. The van der Waals surface area contributed by atoms with E-state index in [1.165, 1.54) is 0 Å². The Balaban J connectivity index is 3.40. The first-order valence-corrected chi connectivity index (χ1v) is 4.68. The summed E-state index contributed by atoms with van der Waals surface area (Å²) in [5, 5.41) is 0. The first-order valence-electron chi connectivity index (χ1n) is 3.10. The molecule has 0 spiro atoms. The van der Waals surface area contributed by atoms with Gasteiger partial charge in [-0.3, -0.25) is 0 Å². The second-order valence-corrected chi connectivity index (χ2v) is 3.80. The van der Waals surface area contributed by atoms with Crippen LogP contribution in [0, 0.1) is 11.6 Å². The van der Waals surface area contributed by atoms with E-state index in [0.29, 0.717) is 10.0 Å². The maximum Gasteiger partial charge on any atom is 0.173 e. The average molecular weight is 301 g/mol. The standard InChI is InChI=1S/C7H5Br2F2N/c8-4-1-5(10)7(11)6(9)3(4)2-12/h1H,2,12H2. The third kappa shape index (κ3) is 1.67. The fourth-order valence-electron chi connectivity index (χ4n) is 0.791. The number of hydrogen-bond donors (Lipinski definition) is 1. The monoisotopic (exact) mass is 299 g/mol. The van der Waals surface area contributed by atoms with Gasteiger partial charge in [0.2, 0.25) is 0 Å².